The molecule has 7 nitrogen and oxygen atoms in total. The van der Waals surface area contributed by atoms with Gasteiger partial charge in [-0.05, 0) is 12.5 Å². The van der Waals surface area contributed by atoms with Crippen molar-refractivity contribution in [2.24, 2.45) is 7.05 Å². The van der Waals surface area contributed by atoms with Crippen LogP contribution in [0.4, 0.5) is 0 Å². The quantitative estimate of drug-likeness (QED) is 0.798. The van der Waals surface area contributed by atoms with Gasteiger partial charge < -0.3 is 4.42 Å². The van der Waals surface area contributed by atoms with E-state index in [2.05, 4.69) is 20.2 Å². The lowest BCUT2D eigenvalue weighted by molar-refractivity contribution is 0.163. The largest absolute Gasteiger partial charge is 0.424 e. The number of aryl methyl sites for hydroxylation is 2. The minimum absolute atomic E-state index is 0.0356. The molecule has 0 spiro atoms. The van der Waals surface area contributed by atoms with E-state index < -0.39 is 0 Å². The van der Waals surface area contributed by atoms with Gasteiger partial charge in [-0.15, -0.1) is 10.2 Å². The second-order valence-electron chi connectivity index (χ2n) is 5.13. The van der Waals surface area contributed by atoms with Crippen molar-refractivity contribution in [3.05, 3.63) is 39.5 Å². The van der Waals surface area contributed by atoms with Crippen LogP contribution < -0.4 is 5.56 Å². The summed E-state index contributed by atoms with van der Waals surface area (Å²) in [4.78, 5) is 13.9. The Labute approximate surface area is 116 Å². The fourth-order valence-corrected chi connectivity index (χ4v) is 2.48. The number of hydrogen-bond acceptors (Lipinski definition) is 6. The molecule has 1 aliphatic rings. The molecule has 106 valence electrons. The first-order chi connectivity index (χ1) is 9.54. The Morgan fingerprint density at radius 1 is 1.40 bits per heavy atom. The lowest BCUT2D eigenvalue weighted by Crippen LogP contribution is -2.36. The van der Waals surface area contributed by atoms with Gasteiger partial charge in [-0.1, -0.05) is 0 Å². The standard InChI is InChI=1S/C13H17N5O2/c1-8(13-15-14-9(2)20-13)18-5-4-11-10(7-18)6-12(19)17(3)16-11/h6,8H,4-5,7H2,1-3H3. The molecule has 1 atom stereocenters. The second-order valence-corrected chi connectivity index (χ2v) is 5.13. The highest BCUT2D eigenvalue weighted by Crippen LogP contribution is 2.25. The first-order valence-electron chi connectivity index (χ1n) is 6.65. The van der Waals surface area contributed by atoms with Gasteiger partial charge in [0, 0.05) is 39.5 Å². The van der Waals surface area contributed by atoms with Crippen molar-refractivity contribution in [2.75, 3.05) is 6.54 Å². The third kappa shape index (κ3) is 2.24. The number of fused-ring (bicyclic) bond motifs is 1. The van der Waals surface area contributed by atoms with Crippen LogP contribution in [0.5, 0.6) is 0 Å². The predicted molar refractivity (Wildman–Crippen MR) is 71.0 cm³/mol. The van der Waals surface area contributed by atoms with Crippen molar-refractivity contribution >= 4 is 0 Å². The van der Waals surface area contributed by atoms with Gasteiger partial charge in [0.1, 0.15) is 0 Å². The van der Waals surface area contributed by atoms with E-state index in [0.717, 1.165) is 24.2 Å². The topological polar surface area (TPSA) is 77.1 Å². The van der Waals surface area contributed by atoms with Crippen LogP contribution in [0.2, 0.25) is 0 Å². The Kier molecular flexibility index (Phi) is 3.13. The van der Waals surface area contributed by atoms with Crippen molar-refractivity contribution in [1.29, 1.82) is 0 Å². The minimum atomic E-state index is -0.0770. The van der Waals surface area contributed by atoms with Gasteiger partial charge in [0.2, 0.25) is 11.8 Å². The molecule has 0 aromatic carbocycles. The van der Waals surface area contributed by atoms with E-state index in [1.54, 1.807) is 20.0 Å². The number of rotatable bonds is 2. The van der Waals surface area contributed by atoms with E-state index in [0.29, 0.717) is 18.3 Å². The molecule has 0 N–H and O–H groups in total. The molecule has 0 bridgehead atoms. The van der Waals surface area contributed by atoms with Gasteiger partial charge in [-0.2, -0.15) is 5.10 Å². The Morgan fingerprint density at radius 3 is 2.90 bits per heavy atom. The van der Waals surface area contributed by atoms with Gasteiger partial charge >= 0.3 is 0 Å². The summed E-state index contributed by atoms with van der Waals surface area (Å²) in [7, 11) is 1.68. The molecule has 2 aromatic rings. The highest BCUT2D eigenvalue weighted by atomic mass is 16.4. The molecule has 7 heteroatoms. The zero-order valence-corrected chi connectivity index (χ0v) is 11.8. The number of aromatic nitrogens is 4. The molecule has 2 aromatic heterocycles. The zero-order chi connectivity index (χ0) is 14.3. The fourth-order valence-electron chi connectivity index (χ4n) is 2.48. The maximum absolute atomic E-state index is 11.7. The van der Waals surface area contributed by atoms with Crippen molar-refractivity contribution in [2.45, 2.75) is 32.9 Å². The summed E-state index contributed by atoms with van der Waals surface area (Å²) in [5.74, 6) is 1.18. The number of hydrogen-bond donors (Lipinski definition) is 0. The maximum atomic E-state index is 11.7. The highest BCUT2D eigenvalue weighted by molar-refractivity contribution is 5.21. The lowest BCUT2D eigenvalue weighted by Gasteiger charge is -2.31. The van der Waals surface area contributed by atoms with E-state index in [9.17, 15) is 4.79 Å². The average Bonchev–Trinajstić information content (AvgIpc) is 2.85. The zero-order valence-electron chi connectivity index (χ0n) is 11.8. The molecule has 1 aliphatic heterocycles. The van der Waals surface area contributed by atoms with Crippen molar-refractivity contribution in [3.63, 3.8) is 0 Å². The predicted octanol–water partition coefficient (Wildman–Crippen LogP) is 0.591. The Balaban J connectivity index is 1.85. The van der Waals surface area contributed by atoms with Gasteiger partial charge in [0.25, 0.3) is 5.56 Å². The molecular formula is C13H17N5O2. The fraction of sp³-hybridized carbons (Fsp3) is 0.538. The van der Waals surface area contributed by atoms with Gasteiger partial charge in [-0.25, -0.2) is 4.68 Å². The molecule has 0 amide bonds. The third-order valence-corrected chi connectivity index (χ3v) is 3.71. The maximum Gasteiger partial charge on any atom is 0.266 e. The van der Waals surface area contributed by atoms with E-state index in [1.807, 2.05) is 6.92 Å². The molecular weight excluding hydrogens is 258 g/mol. The highest BCUT2D eigenvalue weighted by Gasteiger charge is 2.26. The van der Waals surface area contributed by atoms with Crippen LogP contribution in [0.1, 0.15) is 36.0 Å². The summed E-state index contributed by atoms with van der Waals surface area (Å²) in [5.41, 5.74) is 1.91. The molecule has 0 fully saturated rings. The van der Waals surface area contributed by atoms with Crippen LogP contribution in [0.3, 0.4) is 0 Å². The Morgan fingerprint density at radius 2 is 2.20 bits per heavy atom. The Bertz CT molecular complexity index is 690. The van der Waals surface area contributed by atoms with Gasteiger partial charge in [0.15, 0.2) is 0 Å². The SMILES string of the molecule is Cc1nnc(C(C)N2CCc3nn(C)c(=O)cc3C2)o1. The summed E-state index contributed by atoms with van der Waals surface area (Å²) >= 11 is 0. The molecule has 3 rings (SSSR count). The van der Waals surface area contributed by atoms with Crippen LogP contribution in [0.25, 0.3) is 0 Å². The monoisotopic (exact) mass is 275 g/mol. The summed E-state index contributed by atoms with van der Waals surface area (Å²) in [5, 5.41) is 12.2. The normalized spacial score (nSPS) is 16.9. The van der Waals surface area contributed by atoms with E-state index >= 15 is 0 Å². The van der Waals surface area contributed by atoms with E-state index in [4.69, 9.17) is 4.42 Å². The molecule has 1 unspecified atom stereocenters. The first-order valence-corrected chi connectivity index (χ1v) is 6.65. The summed E-state index contributed by atoms with van der Waals surface area (Å²) in [6.45, 7) is 5.36. The van der Waals surface area contributed by atoms with Crippen LogP contribution in [-0.4, -0.2) is 31.4 Å². The molecule has 3 heterocycles. The van der Waals surface area contributed by atoms with Crippen LogP contribution in [0.15, 0.2) is 15.3 Å². The van der Waals surface area contributed by atoms with Crippen LogP contribution >= 0.6 is 0 Å². The smallest absolute Gasteiger partial charge is 0.266 e. The molecule has 0 saturated heterocycles. The second kappa shape index (κ2) is 4.82. The molecule has 0 aliphatic carbocycles. The minimum Gasteiger partial charge on any atom is -0.424 e. The lowest BCUT2D eigenvalue weighted by atomic mass is 10.0. The van der Waals surface area contributed by atoms with Crippen molar-refractivity contribution < 1.29 is 4.42 Å². The average molecular weight is 275 g/mol. The Hall–Kier alpha value is -2.02. The third-order valence-electron chi connectivity index (χ3n) is 3.71. The molecule has 20 heavy (non-hydrogen) atoms. The number of nitrogens with zero attached hydrogens (tertiary/aromatic N) is 5. The van der Waals surface area contributed by atoms with Gasteiger partial charge in [0.05, 0.1) is 11.7 Å². The van der Waals surface area contributed by atoms with Crippen LogP contribution in [0, 0.1) is 6.92 Å². The van der Waals surface area contributed by atoms with Crippen LogP contribution in [-0.2, 0) is 20.0 Å². The van der Waals surface area contributed by atoms with Gasteiger partial charge in [-0.3, -0.25) is 9.69 Å². The summed E-state index contributed by atoms with van der Waals surface area (Å²) in [6.07, 6.45) is 0.820. The van der Waals surface area contributed by atoms with Crippen molar-refractivity contribution in [3.8, 4) is 0 Å². The van der Waals surface area contributed by atoms with E-state index in [-0.39, 0.29) is 11.6 Å². The molecule has 0 radical (unpaired) electrons. The summed E-state index contributed by atoms with van der Waals surface area (Å²) < 4.78 is 6.87. The summed E-state index contributed by atoms with van der Waals surface area (Å²) in [6, 6.07) is 1.70. The van der Waals surface area contributed by atoms with Crippen molar-refractivity contribution in [1.82, 2.24) is 24.9 Å². The first kappa shape index (κ1) is 13.0. The molecule has 0 saturated carbocycles. The van der Waals surface area contributed by atoms with E-state index in [1.165, 1.54) is 4.68 Å².